The lowest BCUT2D eigenvalue weighted by Gasteiger charge is -2.48. The maximum Gasteiger partial charge on any atom is 0.255 e. The number of hydrogen-bond acceptors (Lipinski definition) is 14. The fourth-order valence-electron chi connectivity index (χ4n) is 10.5. The smallest absolute Gasteiger partial charge is 0.255 e. The van der Waals surface area contributed by atoms with Crippen LogP contribution in [0, 0.1) is 17.0 Å². The Morgan fingerprint density at radius 3 is 2.29 bits per heavy atom. The molecule has 0 bridgehead atoms. The van der Waals surface area contributed by atoms with Gasteiger partial charge in [-0.3, -0.25) is 39.2 Å². The van der Waals surface area contributed by atoms with Gasteiger partial charge in [0.1, 0.15) is 35.6 Å². The minimum Gasteiger partial charge on any atom is -0.384 e. The molecule has 5 fully saturated rings. The number of piperidine rings is 3. The van der Waals surface area contributed by atoms with Gasteiger partial charge < -0.3 is 35.4 Å². The van der Waals surface area contributed by atoms with Crippen molar-refractivity contribution in [3.63, 3.8) is 0 Å². The number of hydrogen-bond donors (Lipinski definition) is 4. The molecule has 6 aliphatic heterocycles. The molecular weight excluding hydrogens is 875 g/mol. The second-order valence-electron chi connectivity index (χ2n) is 20.2. The first kappa shape index (κ1) is 47.6. The van der Waals surface area contributed by atoms with Crippen molar-refractivity contribution in [2.75, 3.05) is 125 Å². The number of carbonyl (C=O) groups excluding carboxylic acids is 4. The number of fused-ring (bicyclic) bond motifs is 1. The van der Waals surface area contributed by atoms with Crippen LogP contribution in [-0.2, 0) is 32.2 Å². The average Bonchev–Trinajstić information content (AvgIpc) is 3.64. The van der Waals surface area contributed by atoms with Gasteiger partial charge in [-0.05, 0) is 80.4 Å². The minimum absolute atomic E-state index is 0.0204. The Labute approximate surface area is 397 Å². The Hall–Kier alpha value is -5.50. The van der Waals surface area contributed by atoms with Gasteiger partial charge >= 0.3 is 0 Å². The first-order valence-electron chi connectivity index (χ1n) is 24.4. The molecule has 5 saturated heterocycles. The van der Waals surface area contributed by atoms with Crippen molar-refractivity contribution < 1.29 is 32.7 Å². The van der Waals surface area contributed by atoms with Gasteiger partial charge in [-0.15, -0.1) is 0 Å². The lowest BCUT2D eigenvalue weighted by atomic mass is 9.82. The van der Waals surface area contributed by atoms with Crippen molar-refractivity contribution in [3.05, 3.63) is 71.1 Å². The van der Waals surface area contributed by atoms with Gasteiger partial charge in [-0.2, -0.15) is 0 Å². The fraction of sp³-hybridized carbons (Fsp3) is 0.592. The number of likely N-dealkylation sites (tertiary alicyclic amines) is 1. The van der Waals surface area contributed by atoms with E-state index in [1.165, 1.54) is 12.1 Å². The number of carbonyl (C=O) groups is 4. The van der Waals surface area contributed by atoms with Crippen LogP contribution in [0.2, 0.25) is 0 Å². The zero-order valence-corrected chi connectivity index (χ0v) is 39.5. The zero-order chi connectivity index (χ0) is 47.4. The molecule has 19 heteroatoms. The molecule has 9 rings (SSSR count). The standard InChI is InChI=1S/C49H66F2N12O5/c1-48(2)7-13-60(14-8-48)29-35-26-39(51)41(27-38(35)50)62-31-45(65)57-49(32-62)9-15-61(16-10-49)43-28-42(54-33-55-43)53-12-23-68-24-22-59-20-18-58(19-21-59)17-11-52-36-3-4-37-34(25-36)30-63(47(37)67)40-5-6-44(64)56-46(40)66/h3-4,25-28,33,40,52H,5-24,29-32H2,1-2H3,(H,57,65)(H,53,54,55)(H,56,64,66). The van der Waals surface area contributed by atoms with Crippen LogP contribution in [0.25, 0.3) is 0 Å². The van der Waals surface area contributed by atoms with Crippen LogP contribution < -0.4 is 31.1 Å². The van der Waals surface area contributed by atoms with E-state index in [0.717, 1.165) is 88.8 Å². The summed E-state index contributed by atoms with van der Waals surface area (Å²) in [6, 6.07) is 9.63. The predicted molar refractivity (Wildman–Crippen MR) is 254 cm³/mol. The number of anilines is 4. The van der Waals surface area contributed by atoms with Gasteiger partial charge in [0.05, 0.1) is 31.0 Å². The summed E-state index contributed by atoms with van der Waals surface area (Å²) in [6.45, 7) is 16.8. The Bertz CT molecular complexity index is 2330. The molecule has 4 amide bonds. The molecule has 1 atom stereocenters. The van der Waals surface area contributed by atoms with Crippen LogP contribution in [0.15, 0.2) is 42.7 Å². The quantitative estimate of drug-likeness (QED) is 0.122. The monoisotopic (exact) mass is 941 g/mol. The lowest BCUT2D eigenvalue weighted by Crippen LogP contribution is -2.66. The van der Waals surface area contributed by atoms with Gasteiger partial charge in [0.2, 0.25) is 17.7 Å². The summed E-state index contributed by atoms with van der Waals surface area (Å²) >= 11 is 0. The number of imide groups is 1. The lowest BCUT2D eigenvalue weighted by molar-refractivity contribution is -0.137. The van der Waals surface area contributed by atoms with E-state index in [1.807, 2.05) is 24.3 Å². The first-order valence-corrected chi connectivity index (χ1v) is 24.4. The molecule has 3 aromatic rings. The molecule has 0 saturated carbocycles. The number of nitrogens with one attached hydrogen (secondary N) is 4. The van der Waals surface area contributed by atoms with Crippen molar-refractivity contribution in [2.45, 2.75) is 77.0 Å². The first-order chi connectivity index (χ1) is 32.8. The van der Waals surface area contributed by atoms with E-state index in [1.54, 1.807) is 16.1 Å². The second kappa shape index (κ2) is 20.6. The van der Waals surface area contributed by atoms with E-state index in [2.05, 4.69) is 64.7 Å². The zero-order valence-electron chi connectivity index (χ0n) is 39.5. The van der Waals surface area contributed by atoms with Crippen LogP contribution in [-0.4, -0.2) is 170 Å². The number of ether oxygens (including phenoxy) is 1. The third-order valence-corrected chi connectivity index (χ3v) is 14.8. The number of benzene rings is 2. The molecule has 366 valence electrons. The fourth-order valence-corrected chi connectivity index (χ4v) is 10.5. The maximum absolute atomic E-state index is 15.7. The van der Waals surface area contributed by atoms with Crippen molar-refractivity contribution in [1.82, 2.24) is 40.2 Å². The Balaban J connectivity index is 0.649. The predicted octanol–water partition coefficient (Wildman–Crippen LogP) is 3.27. The third-order valence-electron chi connectivity index (χ3n) is 14.8. The summed E-state index contributed by atoms with van der Waals surface area (Å²) in [4.78, 5) is 71.5. The maximum atomic E-state index is 15.7. The number of aromatic nitrogens is 2. The van der Waals surface area contributed by atoms with Crippen LogP contribution in [0.1, 0.15) is 73.9 Å². The minimum atomic E-state index is -0.617. The SMILES string of the molecule is CC1(C)CCN(Cc2cc(F)c(N3CC(=O)NC4(CCN(c5cc(NCCOCCN6CCN(CCNc7ccc8c(c7)CN(C7CCC(=O)NC7=O)C8=O)CC6)ncn5)CC4)C3)cc2F)CC1. The van der Waals surface area contributed by atoms with Crippen LogP contribution in [0.4, 0.5) is 31.8 Å². The van der Waals surface area contributed by atoms with Crippen LogP contribution in [0.3, 0.4) is 0 Å². The number of rotatable bonds is 16. The molecule has 17 nitrogen and oxygen atoms in total. The molecule has 1 aromatic heterocycles. The van der Waals surface area contributed by atoms with Crippen LogP contribution >= 0.6 is 0 Å². The molecule has 6 aliphatic rings. The summed E-state index contributed by atoms with van der Waals surface area (Å²) in [5, 5.41) is 12.4. The topological polar surface area (TPSA) is 171 Å². The van der Waals surface area contributed by atoms with Crippen molar-refractivity contribution in [2.24, 2.45) is 5.41 Å². The normalized spacial score (nSPS) is 22.4. The summed E-state index contributed by atoms with van der Waals surface area (Å²) in [7, 11) is 0. The van der Waals surface area contributed by atoms with Crippen LogP contribution in [0.5, 0.6) is 0 Å². The summed E-state index contributed by atoms with van der Waals surface area (Å²) in [5.74, 6) is -0.495. The molecule has 0 aliphatic carbocycles. The Morgan fingerprint density at radius 1 is 0.765 bits per heavy atom. The van der Waals surface area contributed by atoms with E-state index in [9.17, 15) is 19.2 Å². The number of amides is 4. The number of halogens is 2. The Morgan fingerprint density at radius 2 is 1.53 bits per heavy atom. The molecule has 2 aromatic carbocycles. The molecule has 68 heavy (non-hydrogen) atoms. The van der Waals surface area contributed by atoms with E-state index >= 15 is 8.78 Å². The van der Waals surface area contributed by atoms with E-state index in [4.69, 9.17) is 4.74 Å². The van der Waals surface area contributed by atoms with E-state index < -0.39 is 29.1 Å². The highest BCUT2D eigenvalue weighted by Gasteiger charge is 2.43. The molecule has 7 heterocycles. The molecule has 0 radical (unpaired) electrons. The highest BCUT2D eigenvalue weighted by molar-refractivity contribution is 6.05. The van der Waals surface area contributed by atoms with Crippen molar-refractivity contribution in [3.8, 4) is 0 Å². The largest absolute Gasteiger partial charge is 0.384 e. The van der Waals surface area contributed by atoms with E-state index in [-0.39, 0.29) is 41.8 Å². The van der Waals surface area contributed by atoms with E-state index in [0.29, 0.717) is 88.7 Å². The number of piperazine rings is 2. The second-order valence-corrected chi connectivity index (χ2v) is 20.2. The van der Waals surface area contributed by atoms with Crippen molar-refractivity contribution >= 4 is 46.6 Å². The molecular formula is C49H66F2N12O5. The molecule has 1 unspecified atom stereocenters. The Kier molecular flexibility index (Phi) is 14.4. The van der Waals surface area contributed by atoms with Gasteiger partial charge in [0, 0.05) is 120 Å². The third kappa shape index (κ3) is 11.3. The van der Waals surface area contributed by atoms with Crippen molar-refractivity contribution in [1.29, 1.82) is 0 Å². The average molecular weight is 941 g/mol. The summed E-state index contributed by atoms with van der Waals surface area (Å²) < 4.78 is 37.1. The van der Waals surface area contributed by atoms with Gasteiger partial charge in [-0.1, -0.05) is 13.8 Å². The number of nitrogens with zero attached hydrogens (tertiary/aromatic N) is 8. The molecule has 1 spiro atoms. The highest BCUT2D eigenvalue weighted by Crippen LogP contribution is 2.35. The summed E-state index contributed by atoms with van der Waals surface area (Å²) in [5.41, 5.74) is 2.64. The van der Waals surface area contributed by atoms with Gasteiger partial charge in [0.15, 0.2) is 0 Å². The van der Waals surface area contributed by atoms with Gasteiger partial charge in [0.25, 0.3) is 5.91 Å². The van der Waals surface area contributed by atoms with Gasteiger partial charge in [-0.25, -0.2) is 18.7 Å². The summed E-state index contributed by atoms with van der Waals surface area (Å²) in [6.07, 6.45) is 5.45. The highest BCUT2D eigenvalue weighted by atomic mass is 19.1. The molecule has 4 N–H and O–H groups in total.